The number of hydrogen-bond acceptors (Lipinski definition) is 2. The van der Waals surface area contributed by atoms with Crippen molar-refractivity contribution in [3.63, 3.8) is 0 Å². The molecule has 1 aliphatic carbocycles. The summed E-state index contributed by atoms with van der Waals surface area (Å²) in [6.45, 7) is 4.44. The minimum Gasteiger partial charge on any atom is -0.246 e. The third-order valence-electron chi connectivity index (χ3n) is 3.70. The molecule has 16 heavy (non-hydrogen) atoms. The average Bonchev–Trinajstić information content (AvgIpc) is 2.59. The van der Waals surface area contributed by atoms with Gasteiger partial charge < -0.3 is 0 Å². The van der Waals surface area contributed by atoms with Crippen LogP contribution < -0.4 is 0 Å². The average molecular weight is 242 g/mol. The fourth-order valence-electron chi connectivity index (χ4n) is 2.39. The van der Waals surface area contributed by atoms with E-state index in [9.17, 15) is 0 Å². The van der Waals surface area contributed by atoms with Crippen molar-refractivity contribution in [2.45, 2.75) is 57.9 Å². The van der Waals surface area contributed by atoms with Crippen molar-refractivity contribution in [2.75, 3.05) is 0 Å². The smallest absolute Gasteiger partial charge is 0.101 e. The maximum Gasteiger partial charge on any atom is 0.101 e. The van der Waals surface area contributed by atoms with Gasteiger partial charge in [-0.05, 0) is 32.1 Å². The molecule has 4 heteroatoms. The summed E-state index contributed by atoms with van der Waals surface area (Å²) in [5, 5.41) is 8.49. The SMILES string of the molecule is CCCc1c(CCl)nnn1C(C)C1CCC1. The molecule has 2 rings (SSSR count). The molecule has 3 nitrogen and oxygen atoms in total. The van der Waals surface area contributed by atoms with E-state index >= 15 is 0 Å². The number of hydrogen-bond donors (Lipinski definition) is 0. The Labute approximate surface area is 102 Å². The second kappa shape index (κ2) is 5.17. The van der Waals surface area contributed by atoms with Crippen LogP contribution in [0, 0.1) is 5.92 Å². The second-order valence-corrected chi connectivity index (χ2v) is 5.01. The molecule has 0 radical (unpaired) electrons. The van der Waals surface area contributed by atoms with Crippen molar-refractivity contribution in [2.24, 2.45) is 5.92 Å². The van der Waals surface area contributed by atoms with Gasteiger partial charge in [-0.2, -0.15) is 0 Å². The minimum atomic E-state index is 0.479. The Morgan fingerprint density at radius 2 is 2.25 bits per heavy atom. The van der Waals surface area contributed by atoms with Gasteiger partial charge in [0.1, 0.15) is 5.69 Å². The highest BCUT2D eigenvalue weighted by Gasteiger charge is 2.27. The molecule has 1 saturated carbocycles. The molecular formula is C12H20ClN3. The van der Waals surface area contributed by atoms with Crippen molar-refractivity contribution in [1.29, 1.82) is 0 Å². The van der Waals surface area contributed by atoms with Gasteiger partial charge in [0, 0.05) is 0 Å². The zero-order valence-electron chi connectivity index (χ0n) is 10.1. The van der Waals surface area contributed by atoms with Crippen molar-refractivity contribution in [3.8, 4) is 0 Å². The molecule has 1 heterocycles. The lowest BCUT2D eigenvalue weighted by atomic mass is 9.80. The lowest BCUT2D eigenvalue weighted by molar-refractivity contribution is 0.205. The molecule has 90 valence electrons. The number of halogens is 1. The van der Waals surface area contributed by atoms with E-state index in [1.54, 1.807) is 0 Å². The van der Waals surface area contributed by atoms with Crippen LogP contribution in [0.1, 0.15) is 57.0 Å². The first-order valence-corrected chi connectivity index (χ1v) is 6.80. The highest BCUT2D eigenvalue weighted by molar-refractivity contribution is 6.16. The van der Waals surface area contributed by atoms with Crippen molar-refractivity contribution in [1.82, 2.24) is 15.0 Å². The first kappa shape index (κ1) is 11.9. The fourth-order valence-corrected chi connectivity index (χ4v) is 2.60. The van der Waals surface area contributed by atoms with Crippen molar-refractivity contribution >= 4 is 11.6 Å². The highest BCUT2D eigenvalue weighted by Crippen LogP contribution is 2.36. The van der Waals surface area contributed by atoms with Crippen LogP contribution >= 0.6 is 11.6 Å². The van der Waals surface area contributed by atoms with E-state index in [0.717, 1.165) is 24.5 Å². The highest BCUT2D eigenvalue weighted by atomic mass is 35.5. The van der Waals surface area contributed by atoms with Crippen LogP contribution in [0.2, 0.25) is 0 Å². The predicted molar refractivity (Wildman–Crippen MR) is 65.6 cm³/mol. The van der Waals surface area contributed by atoms with Crippen LogP contribution in [0.4, 0.5) is 0 Å². The molecule has 1 aromatic heterocycles. The largest absolute Gasteiger partial charge is 0.246 e. The summed E-state index contributed by atoms with van der Waals surface area (Å²) in [5.74, 6) is 1.27. The van der Waals surface area contributed by atoms with E-state index in [-0.39, 0.29) is 0 Å². The molecule has 0 N–H and O–H groups in total. The van der Waals surface area contributed by atoms with E-state index in [4.69, 9.17) is 11.6 Å². The van der Waals surface area contributed by atoms with Gasteiger partial charge in [0.2, 0.25) is 0 Å². The van der Waals surface area contributed by atoms with Crippen LogP contribution in [-0.4, -0.2) is 15.0 Å². The van der Waals surface area contributed by atoms with Gasteiger partial charge in [0.25, 0.3) is 0 Å². The standard InChI is InChI=1S/C12H20ClN3/c1-3-5-12-11(8-13)14-15-16(12)9(2)10-6-4-7-10/h9-10H,3-8H2,1-2H3. The van der Waals surface area contributed by atoms with Crippen LogP contribution in [-0.2, 0) is 12.3 Å². The van der Waals surface area contributed by atoms with E-state index in [2.05, 4.69) is 28.8 Å². The molecular weight excluding hydrogens is 222 g/mol. The summed E-state index contributed by atoms with van der Waals surface area (Å²) in [5.41, 5.74) is 2.21. The molecule has 0 aromatic carbocycles. The summed E-state index contributed by atoms with van der Waals surface area (Å²) in [7, 11) is 0. The Morgan fingerprint density at radius 1 is 1.50 bits per heavy atom. The molecule has 1 aromatic rings. The summed E-state index contributed by atoms with van der Waals surface area (Å²) in [6.07, 6.45) is 6.20. The van der Waals surface area contributed by atoms with Crippen molar-refractivity contribution in [3.05, 3.63) is 11.4 Å². The summed E-state index contributed by atoms with van der Waals surface area (Å²) >= 11 is 5.90. The number of rotatable bonds is 5. The van der Waals surface area contributed by atoms with Gasteiger partial charge in [-0.25, -0.2) is 4.68 Å². The molecule has 1 aliphatic rings. The molecule has 0 aliphatic heterocycles. The Bertz CT molecular complexity index is 344. The maximum atomic E-state index is 5.90. The van der Waals surface area contributed by atoms with Gasteiger partial charge in [-0.3, -0.25) is 0 Å². The maximum absolute atomic E-state index is 5.90. The van der Waals surface area contributed by atoms with Crippen LogP contribution in [0.25, 0.3) is 0 Å². The topological polar surface area (TPSA) is 30.7 Å². The van der Waals surface area contributed by atoms with Gasteiger partial charge in [0.15, 0.2) is 0 Å². The number of nitrogens with zero attached hydrogens (tertiary/aromatic N) is 3. The Morgan fingerprint density at radius 3 is 2.75 bits per heavy atom. The second-order valence-electron chi connectivity index (χ2n) is 4.74. The Hall–Kier alpha value is -0.570. The molecule has 1 unspecified atom stereocenters. The Balaban J connectivity index is 2.20. The van der Waals surface area contributed by atoms with Gasteiger partial charge in [-0.15, -0.1) is 16.7 Å². The van der Waals surface area contributed by atoms with Crippen LogP contribution in [0.3, 0.4) is 0 Å². The molecule has 1 fully saturated rings. The van der Waals surface area contributed by atoms with Gasteiger partial charge in [-0.1, -0.05) is 25.0 Å². The van der Waals surface area contributed by atoms with Crippen LogP contribution in [0.15, 0.2) is 0 Å². The lowest BCUT2D eigenvalue weighted by Crippen LogP contribution is -2.25. The summed E-state index contributed by atoms with van der Waals surface area (Å²) < 4.78 is 2.12. The molecule has 0 spiro atoms. The zero-order valence-corrected chi connectivity index (χ0v) is 10.9. The van der Waals surface area contributed by atoms with E-state index in [1.165, 1.54) is 25.0 Å². The lowest BCUT2D eigenvalue weighted by Gasteiger charge is -2.32. The number of alkyl halides is 1. The van der Waals surface area contributed by atoms with Gasteiger partial charge in [0.05, 0.1) is 17.6 Å². The first-order chi connectivity index (χ1) is 7.77. The summed E-state index contributed by atoms with van der Waals surface area (Å²) in [6, 6.07) is 0.486. The predicted octanol–water partition coefficient (Wildman–Crippen LogP) is 3.33. The first-order valence-electron chi connectivity index (χ1n) is 6.26. The quantitative estimate of drug-likeness (QED) is 0.741. The molecule has 1 atom stereocenters. The van der Waals surface area contributed by atoms with Gasteiger partial charge >= 0.3 is 0 Å². The van der Waals surface area contributed by atoms with Crippen molar-refractivity contribution < 1.29 is 0 Å². The van der Waals surface area contributed by atoms with Crippen LogP contribution in [0.5, 0.6) is 0 Å². The zero-order chi connectivity index (χ0) is 11.5. The summed E-state index contributed by atoms with van der Waals surface area (Å²) in [4.78, 5) is 0. The fraction of sp³-hybridized carbons (Fsp3) is 0.833. The number of aromatic nitrogens is 3. The van der Waals surface area contributed by atoms with E-state index < -0.39 is 0 Å². The monoisotopic (exact) mass is 241 g/mol. The molecule has 0 saturated heterocycles. The molecule has 0 bridgehead atoms. The van der Waals surface area contributed by atoms with E-state index in [1.807, 2.05) is 0 Å². The third kappa shape index (κ3) is 2.10. The van der Waals surface area contributed by atoms with E-state index in [0.29, 0.717) is 11.9 Å². The minimum absolute atomic E-state index is 0.479. The third-order valence-corrected chi connectivity index (χ3v) is 3.96. The Kier molecular flexibility index (Phi) is 3.85. The normalized spacial score (nSPS) is 18.4. The molecule has 0 amide bonds.